The molecule has 1 fully saturated rings. The van der Waals surface area contributed by atoms with Gasteiger partial charge in [-0.05, 0) is 43.5 Å². The van der Waals surface area contributed by atoms with Gasteiger partial charge in [0.05, 0.1) is 11.2 Å². The predicted molar refractivity (Wildman–Crippen MR) is 60.3 cm³/mol. The van der Waals surface area contributed by atoms with Gasteiger partial charge in [-0.2, -0.15) is 0 Å². The number of halogens is 1. The molecule has 0 bridgehead atoms. The molecule has 1 aromatic carbocycles. The van der Waals surface area contributed by atoms with Gasteiger partial charge >= 0.3 is 0 Å². The first-order chi connectivity index (χ1) is 7.72. The van der Waals surface area contributed by atoms with Crippen LogP contribution in [0.2, 0.25) is 0 Å². The molecule has 3 heteroatoms. The summed E-state index contributed by atoms with van der Waals surface area (Å²) >= 11 is 0. The Balaban J connectivity index is 2.41. The van der Waals surface area contributed by atoms with Crippen LogP contribution in [0.25, 0.3) is 10.9 Å². The lowest BCUT2D eigenvalue weighted by atomic mass is 10.1. The molecule has 0 unspecified atom stereocenters. The van der Waals surface area contributed by atoms with Gasteiger partial charge in [-0.15, -0.1) is 0 Å². The number of benzene rings is 1. The molecule has 1 aliphatic rings. The van der Waals surface area contributed by atoms with Crippen LogP contribution >= 0.6 is 0 Å². The maximum absolute atomic E-state index is 13.2. The van der Waals surface area contributed by atoms with Crippen molar-refractivity contribution in [2.45, 2.75) is 25.8 Å². The Labute approximate surface area is 92.7 Å². The van der Waals surface area contributed by atoms with Crippen molar-refractivity contribution in [2.24, 2.45) is 0 Å². The molecule has 2 aromatic rings. The van der Waals surface area contributed by atoms with E-state index in [1.165, 1.54) is 12.1 Å². The van der Waals surface area contributed by atoms with E-state index < -0.39 is 0 Å². The van der Waals surface area contributed by atoms with Crippen LogP contribution in [0.15, 0.2) is 18.2 Å². The SMILES string of the molecule is Cc1c(C=O)n(C2CC2)c2cc(F)ccc12. The molecule has 0 N–H and O–H groups in total. The summed E-state index contributed by atoms with van der Waals surface area (Å²) in [4.78, 5) is 11.1. The lowest BCUT2D eigenvalue weighted by molar-refractivity contribution is 0.111. The highest BCUT2D eigenvalue weighted by Crippen LogP contribution is 2.40. The number of aryl methyl sites for hydroxylation is 1. The van der Waals surface area contributed by atoms with Crippen LogP contribution in [-0.4, -0.2) is 10.9 Å². The molecule has 0 spiro atoms. The van der Waals surface area contributed by atoms with E-state index >= 15 is 0 Å². The summed E-state index contributed by atoms with van der Waals surface area (Å²) in [5.41, 5.74) is 2.50. The Morgan fingerprint density at radius 3 is 2.81 bits per heavy atom. The Morgan fingerprint density at radius 2 is 2.19 bits per heavy atom. The van der Waals surface area contributed by atoms with Gasteiger partial charge in [0.15, 0.2) is 6.29 Å². The lowest BCUT2D eigenvalue weighted by Crippen LogP contribution is -1.99. The number of fused-ring (bicyclic) bond motifs is 1. The predicted octanol–water partition coefficient (Wildman–Crippen LogP) is 3.24. The van der Waals surface area contributed by atoms with Crippen LogP contribution in [-0.2, 0) is 0 Å². The number of aromatic nitrogens is 1. The maximum Gasteiger partial charge on any atom is 0.166 e. The molecular weight excluding hydrogens is 205 g/mol. The fourth-order valence-corrected chi connectivity index (χ4v) is 2.34. The summed E-state index contributed by atoms with van der Waals surface area (Å²) in [5, 5.41) is 0.982. The quantitative estimate of drug-likeness (QED) is 0.708. The number of aldehydes is 1. The summed E-state index contributed by atoms with van der Waals surface area (Å²) in [6, 6.07) is 5.11. The zero-order valence-electron chi connectivity index (χ0n) is 9.03. The Morgan fingerprint density at radius 1 is 1.44 bits per heavy atom. The molecular formula is C13H12FNO. The molecule has 2 nitrogen and oxygen atoms in total. The largest absolute Gasteiger partial charge is 0.335 e. The highest BCUT2D eigenvalue weighted by atomic mass is 19.1. The molecule has 0 saturated heterocycles. The first-order valence-electron chi connectivity index (χ1n) is 5.47. The number of nitrogens with zero attached hydrogens (tertiary/aromatic N) is 1. The third kappa shape index (κ3) is 1.21. The van der Waals surface area contributed by atoms with Gasteiger partial charge in [-0.25, -0.2) is 4.39 Å². The van der Waals surface area contributed by atoms with Gasteiger partial charge in [0.2, 0.25) is 0 Å². The summed E-state index contributed by atoms with van der Waals surface area (Å²) in [5.74, 6) is -0.246. The Hall–Kier alpha value is -1.64. The lowest BCUT2D eigenvalue weighted by Gasteiger charge is -2.04. The van der Waals surface area contributed by atoms with Crippen LogP contribution in [0.5, 0.6) is 0 Å². The van der Waals surface area contributed by atoms with Crippen LogP contribution in [0.3, 0.4) is 0 Å². The van der Waals surface area contributed by atoms with Gasteiger partial charge in [-0.1, -0.05) is 0 Å². The van der Waals surface area contributed by atoms with E-state index in [0.717, 1.165) is 35.6 Å². The van der Waals surface area contributed by atoms with Crippen molar-refractivity contribution < 1.29 is 9.18 Å². The summed E-state index contributed by atoms with van der Waals surface area (Å²) in [6.07, 6.45) is 3.05. The van der Waals surface area contributed by atoms with Crippen LogP contribution in [0, 0.1) is 12.7 Å². The van der Waals surface area contributed by atoms with E-state index in [9.17, 15) is 9.18 Å². The smallest absolute Gasteiger partial charge is 0.166 e. The van der Waals surface area contributed by atoms with Crippen molar-refractivity contribution in [2.75, 3.05) is 0 Å². The third-order valence-corrected chi connectivity index (χ3v) is 3.29. The van der Waals surface area contributed by atoms with E-state index in [1.807, 2.05) is 11.5 Å². The van der Waals surface area contributed by atoms with Crippen molar-refractivity contribution >= 4 is 17.2 Å². The van der Waals surface area contributed by atoms with Gasteiger partial charge in [-0.3, -0.25) is 4.79 Å². The number of carbonyl (C=O) groups is 1. The van der Waals surface area contributed by atoms with Gasteiger partial charge in [0, 0.05) is 11.4 Å². The maximum atomic E-state index is 13.2. The molecule has 0 aliphatic heterocycles. The summed E-state index contributed by atoms with van der Waals surface area (Å²) in [6.45, 7) is 1.92. The van der Waals surface area contributed by atoms with E-state index in [2.05, 4.69) is 0 Å². The number of carbonyl (C=O) groups excluding carboxylic acids is 1. The zero-order valence-corrected chi connectivity index (χ0v) is 9.03. The number of rotatable bonds is 2. The van der Waals surface area contributed by atoms with E-state index in [1.54, 1.807) is 6.07 Å². The van der Waals surface area contributed by atoms with Crippen molar-refractivity contribution in [3.05, 3.63) is 35.3 Å². The summed E-state index contributed by atoms with van der Waals surface area (Å²) < 4.78 is 15.2. The Kier molecular flexibility index (Phi) is 1.90. The van der Waals surface area contributed by atoms with Crippen LogP contribution in [0.4, 0.5) is 4.39 Å². The number of hydrogen-bond donors (Lipinski definition) is 0. The van der Waals surface area contributed by atoms with E-state index in [-0.39, 0.29) is 5.82 Å². The minimum atomic E-state index is -0.246. The van der Waals surface area contributed by atoms with Crippen molar-refractivity contribution in [1.82, 2.24) is 4.57 Å². The molecule has 1 aromatic heterocycles. The van der Waals surface area contributed by atoms with Crippen molar-refractivity contribution in [3.8, 4) is 0 Å². The second-order valence-corrected chi connectivity index (χ2v) is 4.39. The minimum Gasteiger partial charge on any atom is -0.335 e. The fraction of sp³-hybridized carbons (Fsp3) is 0.308. The average Bonchev–Trinajstić information content (AvgIpc) is 3.05. The first kappa shape index (κ1) is 9.58. The topological polar surface area (TPSA) is 22.0 Å². The highest BCUT2D eigenvalue weighted by Gasteiger charge is 2.28. The highest BCUT2D eigenvalue weighted by molar-refractivity contribution is 5.93. The minimum absolute atomic E-state index is 0.246. The molecule has 0 atom stereocenters. The zero-order chi connectivity index (χ0) is 11.3. The monoisotopic (exact) mass is 217 g/mol. The van der Waals surface area contributed by atoms with Crippen molar-refractivity contribution in [3.63, 3.8) is 0 Å². The van der Waals surface area contributed by atoms with Crippen molar-refractivity contribution in [1.29, 1.82) is 0 Å². The third-order valence-electron chi connectivity index (χ3n) is 3.29. The van der Waals surface area contributed by atoms with Gasteiger partial charge < -0.3 is 4.57 Å². The molecule has 3 rings (SSSR count). The summed E-state index contributed by atoms with van der Waals surface area (Å²) in [7, 11) is 0. The molecule has 1 aliphatic carbocycles. The molecule has 1 saturated carbocycles. The Bertz CT molecular complexity index is 581. The first-order valence-corrected chi connectivity index (χ1v) is 5.47. The second kappa shape index (κ2) is 3.17. The standard InChI is InChI=1S/C13H12FNO/c1-8-11-5-2-9(14)6-12(11)15(10-3-4-10)13(8)7-16/h2,5-7,10H,3-4H2,1H3. The number of hydrogen-bond acceptors (Lipinski definition) is 1. The molecule has 1 heterocycles. The second-order valence-electron chi connectivity index (χ2n) is 4.39. The van der Waals surface area contributed by atoms with Gasteiger partial charge in [0.1, 0.15) is 5.82 Å². The normalized spacial score (nSPS) is 15.6. The fourth-order valence-electron chi connectivity index (χ4n) is 2.34. The average molecular weight is 217 g/mol. The van der Waals surface area contributed by atoms with E-state index in [4.69, 9.17) is 0 Å². The van der Waals surface area contributed by atoms with Gasteiger partial charge in [0.25, 0.3) is 0 Å². The van der Waals surface area contributed by atoms with Crippen LogP contribution in [0.1, 0.15) is 34.9 Å². The molecule has 16 heavy (non-hydrogen) atoms. The molecule has 0 radical (unpaired) electrons. The van der Waals surface area contributed by atoms with E-state index in [0.29, 0.717) is 11.7 Å². The molecule has 82 valence electrons. The van der Waals surface area contributed by atoms with Crippen LogP contribution < -0.4 is 0 Å². The molecule has 0 amide bonds.